The van der Waals surface area contributed by atoms with Crippen molar-refractivity contribution >= 4 is 23.3 Å². The molecule has 0 heterocycles. The zero-order valence-electron chi connectivity index (χ0n) is 9.52. The van der Waals surface area contributed by atoms with Crippen LogP contribution >= 0.6 is 11.6 Å². The number of nitrogens with zero attached hydrogens (tertiary/aromatic N) is 2. The van der Waals surface area contributed by atoms with E-state index in [0.717, 1.165) is 5.69 Å². The minimum Gasteiger partial charge on any atom is -0.462 e. The number of benzene rings is 1. The molecule has 0 bridgehead atoms. The van der Waals surface area contributed by atoms with E-state index in [1.807, 2.05) is 0 Å². The molecule has 0 aliphatic carbocycles. The van der Waals surface area contributed by atoms with E-state index in [0.29, 0.717) is 24.6 Å². The molecule has 0 radical (unpaired) electrons. The molecule has 0 aliphatic rings. The smallest absolute Gasteiger partial charge is 0.338 e. The minimum atomic E-state index is -0.331. The van der Waals surface area contributed by atoms with Gasteiger partial charge >= 0.3 is 5.97 Å². The summed E-state index contributed by atoms with van der Waals surface area (Å²) in [5, 5.41) is 7.48. The molecule has 1 aromatic carbocycles. The lowest BCUT2D eigenvalue weighted by Gasteiger charge is -2.02. The van der Waals surface area contributed by atoms with E-state index in [1.165, 1.54) is 0 Å². The number of anilines is 1. The summed E-state index contributed by atoms with van der Waals surface area (Å²) in [6, 6.07) is 6.78. The van der Waals surface area contributed by atoms with Gasteiger partial charge in [0.2, 0.25) is 0 Å². The average Bonchev–Trinajstić information content (AvgIpc) is 2.36. The summed E-state index contributed by atoms with van der Waals surface area (Å²) in [4.78, 5) is 11.4. The van der Waals surface area contributed by atoms with E-state index in [9.17, 15) is 4.79 Å². The molecule has 17 heavy (non-hydrogen) atoms. The van der Waals surface area contributed by atoms with Crippen LogP contribution in [0.3, 0.4) is 0 Å². The Hall–Kier alpha value is -1.62. The highest BCUT2D eigenvalue weighted by molar-refractivity contribution is 6.18. The zero-order valence-corrected chi connectivity index (χ0v) is 10.3. The van der Waals surface area contributed by atoms with Crippen molar-refractivity contribution in [2.75, 3.05) is 24.5 Å². The van der Waals surface area contributed by atoms with Crippen LogP contribution in [-0.2, 0) is 4.74 Å². The monoisotopic (exact) mass is 255 g/mol. The Morgan fingerprint density at radius 2 is 2.12 bits per heavy atom. The van der Waals surface area contributed by atoms with Gasteiger partial charge in [0, 0.05) is 5.88 Å². The molecule has 0 saturated heterocycles. The van der Waals surface area contributed by atoms with Crippen LogP contribution in [-0.4, -0.2) is 25.0 Å². The molecule has 0 aromatic heterocycles. The number of esters is 1. The summed E-state index contributed by atoms with van der Waals surface area (Å²) in [5.74, 6) is 0.107. The van der Waals surface area contributed by atoms with Crippen LogP contribution in [0.5, 0.6) is 0 Å². The van der Waals surface area contributed by atoms with Crippen LogP contribution in [0.15, 0.2) is 34.6 Å². The standard InChI is InChI=1S/C11H14ClN3O2/c1-2-17-11(16)9-3-5-10(6-4-9)14-15-13-8-7-12/h3-6H,2,7-8H2,1H3,(H,13,14). The fourth-order valence-electron chi connectivity index (χ4n) is 1.08. The number of ether oxygens (including phenoxy) is 1. The SMILES string of the molecule is CCOC(=O)c1ccc(NN=NCCCl)cc1. The summed E-state index contributed by atoms with van der Waals surface area (Å²) >= 11 is 5.44. The highest BCUT2D eigenvalue weighted by Gasteiger charge is 2.04. The van der Waals surface area contributed by atoms with Gasteiger partial charge in [0.25, 0.3) is 0 Å². The number of hydrogen-bond acceptors (Lipinski definition) is 4. The van der Waals surface area contributed by atoms with Gasteiger partial charge in [-0.25, -0.2) is 4.79 Å². The van der Waals surface area contributed by atoms with Gasteiger partial charge in [-0.05, 0) is 31.2 Å². The molecular weight excluding hydrogens is 242 g/mol. The van der Waals surface area contributed by atoms with Crippen LogP contribution in [0.2, 0.25) is 0 Å². The number of carbonyl (C=O) groups excluding carboxylic acids is 1. The maximum atomic E-state index is 11.4. The van der Waals surface area contributed by atoms with Crippen LogP contribution in [0, 0.1) is 0 Å². The fraction of sp³-hybridized carbons (Fsp3) is 0.364. The molecule has 5 nitrogen and oxygen atoms in total. The normalized spacial score (nSPS) is 10.5. The van der Waals surface area contributed by atoms with Gasteiger partial charge in [-0.3, -0.25) is 5.43 Å². The zero-order chi connectivity index (χ0) is 12.5. The van der Waals surface area contributed by atoms with Crippen LogP contribution in [0.1, 0.15) is 17.3 Å². The molecule has 1 N–H and O–H groups in total. The van der Waals surface area contributed by atoms with Crippen molar-refractivity contribution in [2.45, 2.75) is 6.92 Å². The molecule has 6 heteroatoms. The Morgan fingerprint density at radius 3 is 2.71 bits per heavy atom. The Labute approximate surface area is 105 Å². The third kappa shape index (κ3) is 4.82. The molecule has 0 unspecified atom stereocenters. The maximum Gasteiger partial charge on any atom is 0.338 e. The molecular formula is C11H14ClN3O2. The predicted molar refractivity (Wildman–Crippen MR) is 66.5 cm³/mol. The molecule has 1 rings (SSSR count). The summed E-state index contributed by atoms with van der Waals surface area (Å²) in [6.07, 6.45) is 0. The van der Waals surface area contributed by atoms with Crippen molar-refractivity contribution in [3.8, 4) is 0 Å². The Bertz CT molecular complexity index is 379. The molecule has 1 aromatic rings. The van der Waals surface area contributed by atoms with Gasteiger partial charge in [-0.2, -0.15) is 5.11 Å². The molecule has 0 atom stereocenters. The van der Waals surface area contributed by atoms with E-state index in [2.05, 4.69) is 15.8 Å². The Balaban J connectivity index is 2.53. The van der Waals surface area contributed by atoms with Gasteiger partial charge in [-0.1, -0.05) is 5.22 Å². The third-order valence-corrected chi connectivity index (χ3v) is 2.00. The molecule has 0 fully saturated rings. The maximum absolute atomic E-state index is 11.4. The van der Waals surface area contributed by atoms with Crippen molar-refractivity contribution < 1.29 is 9.53 Å². The quantitative estimate of drug-likeness (QED) is 0.368. The lowest BCUT2D eigenvalue weighted by Crippen LogP contribution is -2.04. The number of carbonyl (C=O) groups is 1. The topological polar surface area (TPSA) is 63.0 Å². The second-order valence-electron chi connectivity index (χ2n) is 3.06. The van der Waals surface area contributed by atoms with Crippen molar-refractivity contribution in [1.82, 2.24) is 0 Å². The number of alkyl halides is 1. The third-order valence-electron chi connectivity index (χ3n) is 1.83. The Morgan fingerprint density at radius 1 is 1.41 bits per heavy atom. The second kappa shape index (κ2) is 7.62. The van der Waals surface area contributed by atoms with E-state index < -0.39 is 0 Å². The van der Waals surface area contributed by atoms with Gasteiger partial charge in [0.1, 0.15) is 0 Å². The first kappa shape index (κ1) is 13.4. The van der Waals surface area contributed by atoms with Crippen molar-refractivity contribution in [3.63, 3.8) is 0 Å². The highest BCUT2D eigenvalue weighted by Crippen LogP contribution is 2.10. The molecule has 0 amide bonds. The number of rotatable bonds is 6. The summed E-state index contributed by atoms with van der Waals surface area (Å²) in [6.45, 7) is 2.60. The number of halogens is 1. The highest BCUT2D eigenvalue weighted by atomic mass is 35.5. The molecule has 92 valence electrons. The van der Waals surface area contributed by atoms with Gasteiger partial charge in [0.15, 0.2) is 0 Å². The first-order valence-corrected chi connectivity index (χ1v) is 5.77. The van der Waals surface area contributed by atoms with Crippen molar-refractivity contribution in [3.05, 3.63) is 29.8 Å². The first-order valence-electron chi connectivity index (χ1n) is 5.23. The predicted octanol–water partition coefficient (Wildman–Crippen LogP) is 2.88. The largest absolute Gasteiger partial charge is 0.462 e. The van der Waals surface area contributed by atoms with E-state index in [4.69, 9.17) is 16.3 Å². The van der Waals surface area contributed by atoms with Crippen LogP contribution in [0.4, 0.5) is 5.69 Å². The Kier molecular flexibility index (Phi) is 6.03. The van der Waals surface area contributed by atoms with E-state index in [1.54, 1.807) is 31.2 Å². The van der Waals surface area contributed by atoms with E-state index in [-0.39, 0.29) is 5.97 Å². The molecule has 0 aliphatic heterocycles. The van der Waals surface area contributed by atoms with Crippen LogP contribution in [0.25, 0.3) is 0 Å². The summed E-state index contributed by atoms with van der Waals surface area (Å²) in [7, 11) is 0. The van der Waals surface area contributed by atoms with Crippen LogP contribution < -0.4 is 5.43 Å². The molecule has 0 saturated carbocycles. The molecule has 0 spiro atoms. The van der Waals surface area contributed by atoms with Crippen molar-refractivity contribution in [2.24, 2.45) is 10.3 Å². The van der Waals surface area contributed by atoms with E-state index >= 15 is 0 Å². The van der Waals surface area contributed by atoms with Gasteiger partial charge in [-0.15, -0.1) is 11.6 Å². The minimum absolute atomic E-state index is 0.331. The lowest BCUT2D eigenvalue weighted by atomic mass is 10.2. The fourth-order valence-corrected chi connectivity index (χ4v) is 1.15. The summed E-state index contributed by atoms with van der Waals surface area (Å²) < 4.78 is 4.86. The number of nitrogens with one attached hydrogen (secondary N) is 1. The first-order chi connectivity index (χ1) is 8.27. The van der Waals surface area contributed by atoms with Gasteiger partial charge < -0.3 is 4.74 Å². The van der Waals surface area contributed by atoms with Gasteiger partial charge in [0.05, 0.1) is 24.4 Å². The number of hydrogen-bond donors (Lipinski definition) is 1. The average molecular weight is 256 g/mol. The second-order valence-corrected chi connectivity index (χ2v) is 3.44. The summed E-state index contributed by atoms with van der Waals surface area (Å²) in [5.41, 5.74) is 3.98. The van der Waals surface area contributed by atoms with Crippen molar-refractivity contribution in [1.29, 1.82) is 0 Å². The lowest BCUT2D eigenvalue weighted by molar-refractivity contribution is 0.0526.